The summed E-state index contributed by atoms with van der Waals surface area (Å²) in [4.78, 5) is 0. The predicted molar refractivity (Wildman–Crippen MR) is 201 cm³/mol. The lowest BCUT2D eigenvalue weighted by atomic mass is 9.73. The van der Waals surface area contributed by atoms with E-state index in [2.05, 4.69) is 23.7 Å². The molecule has 2 N–H and O–H groups in total. The Labute approximate surface area is 294 Å². The van der Waals surface area contributed by atoms with Gasteiger partial charge in [-0.1, -0.05) is 181 Å². The first-order chi connectivity index (χ1) is 24.6. The zero-order valence-corrected chi connectivity index (χ0v) is 27.4. The molecule has 2 heteroatoms. The van der Waals surface area contributed by atoms with Gasteiger partial charge in [-0.2, -0.15) is 0 Å². The third-order valence-corrected chi connectivity index (χ3v) is 8.93. The van der Waals surface area contributed by atoms with Crippen molar-refractivity contribution in [2.45, 2.75) is 11.2 Å². The first kappa shape index (κ1) is 32.1. The third kappa shape index (κ3) is 6.38. The average Bonchev–Trinajstić information content (AvgIpc) is 3.20. The molecule has 238 valence electrons. The molecule has 0 heterocycles. The summed E-state index contributed by atoms with van der Waals surface area (Å²) in [5.74, 6) is 13.5. The minimum Gasteiger partial charge on any atom is -0.376 e. The third-order valence-electron chi connectivity index (χ3n) is 8.93. The van der Waals surface area contributed by atoms with Crippen molar-refractivity contribution in [2.24, 2.45) is 0 Å². The van der Waals surface area contributed by atoms with Gasteiger partial charge in [-0.25, -0.2) is 0 Å². The molecule has 0 fully saturated rings. The van der Waals surface area contributed by atoms with E-state index >= 15 is 0 Å². The Kier molecular flexibility index (Phi) is 9.24. The van der Waals surface area contributed by atoms with Gasteiger partial charge in [0.05, 0.1) is 0 Å². The van der Waals surface area contributed by atoms with Crippen LogP contribution in [0, 0.1) is 23.7 Å². The highest BCUT2D eigenvalue weighted by atomic mass is 16.3. The fraction of sp³-hybridized carbons (Fsp3) is 0.0417. The minimum atomic E-state index is -1.61. The highest BCUT2D eigenvalue weighted by molar-refractivity contribution is 5.65. The molecule has 0 amide bonds. The highest BCUT2D eigenvalue weighted by Crippen LogP contribution is 2.44. The summed E-state index contributed by atoms with van der Waals surface area (Å²) in [7, 11) is 0. The van der Waals surface area contributed by atoms with Crippen molar-refractivity contribution in [1.29, 1.82) is 0 Å². The van der Waals surface area contributed by atoms with Crippen LogP contribution in [0.2, 0.25) is 0 Å². The van der Waals surface area contributed by atoms with Crippen molar-refractivity contribution in [3.63, 3.8) is 0 Å². The maximum absolute atomic E-state index is 13.2. The maximum Gasteiger partial charge on any atom is 0.141 e. The molecule has 0 radical (unpaired) electrons. The summed E-state index contributed by atoms with van der Waals surface area (Å²) in [6.07, 6.45) is 0. The van der Waals surface area contributed by atoms with Gasteiger partial charge in [-0.3, -0.25) is 0 Å². The highest BCUT2D eigenvalue weighted by Gasteiger charge is 2.40. The summed E-state index contributed by atoms with van der Waals surface area (Å²) < 4.78 is 0. The van der Waals surface area contributed by atoms with E-state index in [1.807, 2.05) is 194 Å². The molecule has 0 saturated heterocycles. The van der Waals surface area contributed by atoms with E-state index in [9.17, 15) is 10.2 Å². The van der Waals surface area contributed by atoms with E-state index in [1.165, 1.54) is 0 Å². The quantitative estimate of drug-likeness (QED) is 0.140. The van der Waals surface area contributed by atoms with E-state index in [0.717, 1.165) is 11.1 Å². The Balaban J connectivity index is 1.61. The largest absolute Gasteiger partial charge is 0.376 e. The summed E-state index contributed by atoms with van der Waals surface area (Å²) >= 11 is 0. The molecule has 0 aliphatic carbocycles. The van der Waals surface area contributed by atoms with Gasteiger partial charge in [0.25, 0.3) is 0 Å². The molecular weight excluding hydrogens is 609 g/mol. The summed E-state index contributed by atoms with van der Waals surface area (Å²) in [6, 6.07) is 61.9. The average molecular weight is 643 g/mol. The van der Waals surface area contributed by atoms with Gasteiger partial charge >= 0.3 is 0 Å². The fourth-order valence-corrected chi connectivity index (χ4v) is 6.40. The lowest BCUT2D eigenvalue weighted by Gasteiger charge is -2.35. The molecule has 0 atom stereocenters. The van der Waals surface area contributed by atoms with Gasteiger partial charge in [-0.05, 0) is 58.7 Å². The van der Waals surface area contributed by atoms with Crippen molar-refractivity contribution >= 4 is 0 Å². The van der Waals surface area contributed by atoms with Crippen LogP contribution < -0.4 is 0 Å². The Morgan fingerprint density at radius 2 is 0.540 bits per heavy atom. The predicted octanol–water partition coefficient (Wildman–Crippen LogP) is 9.05. The fourth-order valence-electron chi connectivity index (χ4n) is 6.40. The van der Waals surface area contributed by atoms with Crippen molar-refractivity contribution in [3.05, 3.63) is 250 Å². The Morgan fingerprint density at radius 1 is 0.300 bits per heavy atom. The monoisotopic (exact) mass is 642 g/mol. The number of aliphatic hydroxyl groups is 2. The number of hydrogen-bond donors (Lipinski definition) is 2. The van der Waals surface area contributed by atoms with Gasteiger partial charge < -0.3 is 10.2 Å². The molecule has 0 aliphatic rings. The van der Waals surface area contributed by atoms with Crippen LogP contribution in [0.3, 0.4) is 0 Å². The topological polar surface area (TPSA) is 40.5 Å². The van der Waals surface area contributed by atoms with Crippen LogP contribution in [0.1, 0.15) is 55.6 Å². The second-order valence-electron chi connectivity index (χ2n) is 12.1. The molecule has 2 nitrogen and oxygen atoms in total. The zero-order chi connectivity index (χ0) is 34.2. The molecule has 0 spiro atoms. The summed E-state index contributed by atoms with van der Waals surface area (Å²) in [6.45, 7) is 0. The smallest absolute Gasteiger partial charge is 0.141 e. The molecule has 0 aromatic heterocycles. The van der Waals surface area contributed by atoms with Gasteiger partial charge in [0.2, 0.25) is 0 Å². The van der Waals surface area contributed by atoms with E-state index < -0.39 is 11.2 Å². The van der Waals surface area contributed by atoms with Crippen LogP contribution in [-0.4, -0.2) is 10.2 Å². The molecule has 7 aromatic rings. The second-order valence-corrected chi connectivity index (χ2v) is 12.1. The molecule has 7 aromatic carbocycles. The van der Waals surface area contributed by atoms with Gasteiger partial charge in [0.1, 0.15) is 11.2 Å². The normalized spacial score (nSPS) is 11.1. The molecule has 0 aliphatic heterocycles. The molecule has 0 saturated carbocycles. The molecule has 7 rings (SSSR count). The number of rotatable bonds is 6. The Morgan fingerprint density at radius 3 is 0.800 bits per heavy atom. The molecular formula is C48H34O2. The first-order valence-corrected chi connectivity index (χ1v) is 16.6. The lowest BCUT2D eigenvalue weighted by molar-refractivity contribution is 0.121. The van der Waals surface area contributed by atoms with Crippen LogP contribution in [0.15, 0.2) is 194 Å². The van der Waals surface area contributed by atoms with Crippen LogP contribution in [0.25, 0.3) is 0 Å². The van der Waals surface area contributed by atoms with E-state index in [4.69, 9.17) is 0 Å². The first-order valence-electron chi connectivity index (χ1n) is 16.6. The maximum atomic E-state index is 13.2. The van der Waals surface area contributed by atoms with Gasteiger partial charge in [-0.15, -0.1) is 0 Å². The molecule has 0 bridgehead atoms. The summed E-state index contributed by atoms with van der Waals surface area (Å²) in [5, 5.41) is 26.3. The Bertz CT molecular complexity index is 2060. The molecule has 50 heavy (non-hydrogen) atoms. The second kappa shape index (κ2) is 14.4. The van der Waals surface area contributed by atoms with Gasteiger partial charge in [0.15, 0.2) is 0 Å². The van der Waals surface area contributed by atoms with Crippen molar-refractivity contribution in [1.82, 2.24) is 0 Å². The summed E-state index contributed by atoms with van der Waals surface area (Å²) in [5.41, 5.74) is 3.43. The number of hydrogen-bond acceptors (Lipinski definition) is 2. The van der Waals surface area contributed by atoms with Crippen LogP contribution in [0.4, 0.5) is 0 Å². The standard InChI is InChI=1S/C48H34O2/c49-47(41-23-11-3-12-24-41,42-25-13-4-14-26-42)45-36-40(34-32-38-21-9-2-10-22-38)46(35-39(45)33-31-37-19-7-1-8-20-37)48(50,43-27-15-5-16-28-43)44-29-17-6-18-30-44/h1-30,35-36,49-50H. The SMILES string of the molecule is OC(c1ccccc1)(c1ccccc1)c1cc(C#Cc2ccccc2)c(C(O)(c2ccccc2)c2ccccc2)cc1C#Cc1ccccc1. The van der Waals surface area contributed by atoms with Crippen molar-refractivity contribution in [3.8, 4) is 23.7 Å². The Hall–Kier alpha value is -6.42. The lowest BCUT2D eigenvalue weighted by Crippen LogP contribution is -2.33. The van der Waals surface area contributed by atoms with Crippen molar-refractivity contribution in [2.75, 3.05) is 0 Å². The van der Waals surface area contributed by atoms with Crippen molar-refractivity contribution < 1.29 is 10.2 Å². The van der Waals surface area contributed by atoms with E-state index in [0.29, 0.717) is 44.5 Å². The zero-order valence-electron chi connectivity index (χ0n) is 27.4. The van der Waals surface area contributed by atoms with E-state index in [1.54, 1.807) is 0 Å². The molecule has 0 unspecified atom stereocenters. The van der Waals surface area contributed by atoms with Gasteiger partial charge in [0, 0.05) is 33.4 Å². The van der Waals surface area contributed by atoms with E-state index in [-0.39, 0.29) is 0 Å². The van der Waals surface area contributed by atoms with Crippen LogP contribution in [-0.2, 0) is 11.2 Å². The van der Waals surface area contributed by atoms with Crippen LogP contribution >= 0.6 is 0 Å². The number of benzene rings is 7. The minimum absolute atomic E-state index is 0.558. The van der Waals surface area contributed by atoms with Crippen LogP contribution in [0.5, 0.6) is 0 Å².